The molecule has 0 fully saturated rings. The Labute approximate surface area is 818 Å². The minimum absolute atomic E-state index is 0.673. The third-order valence-corrected chi connectivity index (χ3v) is 26.6. The molecule has 0 N–H and O–H groups in total. The highest BCUT2D eigenvalue weighted by Crippen LogP contribution is 2.44. The van der Waals surface area contributed by atoms with Crippen LogP contribution in [0.3, 0.4) is 0 Å². The molecule has 27 rings (SSSR count). The maximum atomic E-state index is 6.36. The molecule has 142 heavy (non-hydrogen) atoms. The molecule has 10 heteroatoms. The number of furan rings is 4. The fourth-order valence-electron chi connectivity index (χ4n) is 19.2. The Morgan fingerprint density at radius 3 is 0.585 bits per heavy atom. The van der Waals surface area contributed by atoms with Crippen molar-refractivity contribution in [2.75, 3.05) is 0 Å². The van der Waals surface area contributed by atoms with Crippen molar-refractivity contribution in [3.63, 3.8) is 0 Å². The fraction of sp³-hybridized carbons (Fsp3) is 0. The molecule has 0 spiro atoms. The van der Waals surface area contributed by atoms with Crippen molar-refractivity contribution in [2.24, 2.45) is 0 Å². The second-order valence-electron chi connectivity index (χ2n) is 35.5. The first-order chi connectivity index (χ1) is 70.3. The Hall–Kier alpha value is -19.2. The van der Waals surface area contributed by atoms with E-state index in [1.165, 1.54) is 27.8 Å². The van der Waals surface area contributed by atoms with Crippen molar-refractivity contribution in [1.82, 2.24) is 29.9 Å². The van der Waals surface area contributed by atoms with Crippen molar-refractivity contribution in [1.29, 1.82) is 0 Å². The highest BCUT2D eigenvalue weighted by molar-refractivity contribution is 6.10. The van der Waals surface area contributed by atoms with Crippen molar-refractivity contribution in [3.8, 4) is 180 Å². The van der Waals surface area contributed by atoms with Crippen LogP contribution in [0.1, 0.15) is 0 Å². The van der Waals surface area contributed by atoms with Gasteiger partial charge in [-0.1, -0.05) is 400 Å². The smallest absolute Gasteiger partial charge is 0.160 e. The van der Waals surface area contributed by atoms with E-state index in [9.17, 15) is 0 Å². The van der Waals surface area contributed by atoms with E-state index in [1.54, 1.807) is 0 Å². The maximum absolute atomic E-state index is 6.36. The molecule has 0 bridgehead atoms. The Morgan fingerprint density at radius 2 is 0.282 bits per heavy atom. The lowest BCUT2D eigenvalue weighted by Gasteiger charge is -2.13. The maximum Gasteiger partial charge on any atom is 0.160 e. The van der Waals surface area contributed by atoms with E-state index in [1.807, 2.05) is 127 Å². The molecule has 0 saturated heterocycles. The molecule has 27 aromatic rings. The monoisotopic (exact) mass is 1820 g/mol. The number of rotatable bonds is 16. The number of aromatic nitrogens is 6. The minimum atomic E-state index is 0.673. The van der Waals surface area contributed by atoms with Gasteiger partial charge in [-0.25, -0.2) is 29.9 Å². The van der Waals surface area contributed by atoms with Crippen LogP contribution in [0.15, 0.2) is 527 Å². The first kappa shape index (κ1) is 84.6. The predicted molar refractivity (Wildman–Crippen MR) is 582 cm³/mol. The summed E-state index contributed by atoms with van der Waals surface area (Å²) < 4.78 is 24.7. The number of para-hydroxylation sites is 4. The number of hydrogen-bond donors (Lipinski definition) is 0. The van der Waals surface area contributed by atoms with Crippen LogP contribution in [0.5, 0.6) is 0 Å². The molecule has 20 aromatic carbocycles. The van der Waals surface area contributed by atoms with E-state index in [0.29, 0.717) is 17.5 Å². The van der Waals surface area contributed by atoms with Gasteiger partial charge in [-0.3, -0.25) is 0 Å². The van der Waals surface area contributed by atoms with Gasteiger partial charge in [0.15, 0.2) is 17.5 Å². The molecule has 10 nitrogen and oxygen atoms in total. The highest BCUT2D eigenvalue weighted by atomic mass is 16.3. The van der Waals surface area contributed by atoms with Crippen LogP contribution in [0.25, 0.3) is 267 Å². The van der Waals surface area contributed by atoms with Gasteiger partial charge in [0.1, 0.15) is 44.7 Å². The molecule has 0 atom stereocenters. The van der Waals surface area contributed by atoms with Crippen molar-refractivity contribution in [2.45, 2.75) is 0 Å². The van der Waals surface area contributed by atoms with E-state index >= 15 is 0 Å². The van der Waals surface area contributed by atoms with E-state index in [-0.39, 0.29) is 0 Å². The van der Waals surface area contributed by atoms with Crippen LogP contribution in [0.2, 0.25) is 0 Å². The molecule has 666 valence electrons. The summed E-state index contributed by atoms with van der Waals surface area (Å²) >= 11 is 0. The van der Waals surface area contributed by atoms with E-state index in [2.05, 4.69) is 382 Å². The molecular weight excluding hydrogens is 1730 g/mol. The SMILES string of the molecule is c1ccc(-c2ccc(-c3cc(-c4cc(-c5ccc6c(c5)oc5ccccc56)cc(-c5ccc6oc7ccccc7c6c5)c4)nc(-c4ccccc4)n3)cc2)cc1.c1ccc(-c2ccc(-c3cc(-c4ccc(-c5ccc6c(c5)oc5ccccc56)cc4)nc(-c4ccccc4)n3)cc2)cc1.c1ccc(-c2ccc(-c3cc(-c4ccc(-c5ccc6oc7ccccc7c6c5)cc4)nc(-c4ccccc4)n3)cc2)cc1. The molecule has 7 heterocycles. The van der Waals surface area contributed by atoms with E-state index in [0.717, 1.165) is 222 Å². The van der Waals surface area contributed by atoms with Crippen LogP contribution in [-0.2, 0) is 0 Å². The zero-order valence-corrected chi connectivity index (χ0v) is 76.8. The zero-order valence-electron chi connectivity index (χ0n) is 76.8. The third-order valence-electron chi connectivity index (χ3n) is 26.6. The topological polar surface area (TPSA) is 130 Å². The van der Waals surface area contributed by atoms with Crippen molar-refractivity contribution < 1.29 is 17.7 Å². The van der Waals surface area contributed by atoms with Gasteiger partial charge in [0.2, 0.25) is 0 Å². The third kappa shape index (κ3) is 17.1. The van der Waals surface area contributed by atoms with Gasteiger partial charge >= 0.3 is 0 Å². The molecule has 0 radical (unpaired) electrons. The lowest BCUT2D eigenvalue weighted by atomic mass is 9.93. The Balaban J connectivity index is 0.000000113. The summed E-state index contributed by atoms with van der Waals surface area (Å²) in [5, 5.41) is 8.94. The summed E-state index contributed by atoms with van der Waals surface area (Å²) in [5.41, 5.74) is 37.4. The zero-order chi connectivity index (χ0) is 94.2. The lowest BCUT2D eigenvalue weighted by molar-refractivity contribution is 0.668. The number of hydrogen-bond acceptors (Lipinski definition) is 10. The molecule has 0 unspecified atom stereocenters. The standard InChI is InChI=1S/C52H32N2O2.2C40H26N2O/c1-3-11-33(12-4-1)34-19-21-35(22-20-34)46-32-47(54-52(53-46)36-13-5-2-6-14-36)41-28-39(37-24-26-50-45(30-37)43-16-8-10-18-49(43)55-50)27-40(29-41)38-23-25-44-42-15-7-9-17-48(42)56-51(44)31-38;1-3-9-27(10-4-1)28-15-19-30(20-16-28)36-26-37(42-40(41-36)32-11-5-2-6-12-32)31-21-17-29(18-22-31)33-23-24-39-35(25-33)34-13-7-8-14-38(34)43-39;1-3-9-27(10-4-1)28-15-19-30(20-16-28)36-26-37(42-40(41-36)32-11-5-2-6-12-32)31-21-17-29(18-22-31)33-23-24-35-34-13-7-8-14-38(34)43-39(35)25-33/h1-32H;2*1-26H. The Morgan fingerprint density at radius 1 is 0.0986 bits per heavy atom. The van der Waals surface area contributed by atoms with Gasteiger partial charge in [-0.2, -0.15) is 0 Å². The first-order valence-corrected chi connectivity index (χ1v) is 47.6. The average molecular weight is 1820 g/mol. The summed E-state index contributed by atoms with van der Waals surface area (Å²) in [6.45, 7) is 0. The van der Waals surface area contributed by atoms with Crippen LogP contribution >= 0.6 is 0 Å². The Bertz CT molecular complexity index is 9330. The lowest BCUT2D eigenvalue weighted by Crippen LogP contribution is -1.96. The predicted octanol–water partition coefficient (Wildman–Crippen LogP) is 35.7. The van der Waals surface area contributed by atoms with E-state index in [4.69, 9.17) is 47.6 Å². The van der Waals surface area contributed by atoms with Gasteiger partial charge in [0, 0.05) is 93.2 Å². The second-order valence-corrected chi connectivity index (χ2v) is 35.5. The van der Waals surface area contributed by atoms with Gasteiger partial charge in [-0.05, 0) is 187 Å². The minimum Gasteiger partial charge on any atom is -0.456 e. The second kappa shape index (κ2) is 37.1. The quantitative estimate of drug-likeness (QED) is 0.0922. The van der Waals surface area contributed by atoms with Crippen LogP contribution in [-0.4, -0.2) is 29.9 Å². The van der Waals surface area contributed by atoms with Gasteiger partial charge < -0.3 is 17.7 Å². The molecule has 7 aromatic heterocycles. The number of benzene rings is 20. The van der Waals surface area contributed by atoms with E-state index < -0.39 is 0 Å². The first-order valence-electron chi connectivity index (χ1n) is 47.6. The number of fused-ring (bicyclic) bond motifs is 12. The van der Waals surface area contributed by atoms with Crippen LogP contribution < -0.4 is 0 Å². The molecule has 0 saturated carbocycles. The van der Waals surface area contributed by atoms with Crippen LogP contribution in [0.4, 0.5) is 0 Å². The van der Waals surface area contributed by atoms with Gasteiger partial charge in [0.25, 0.3) is 0 Å². The molecule has 0 aliphatic carbocycles. The average Bonchev–Trinajstić information content (AvgIpc) is 1.56. The number of nitrogens with zero attached hydrogens (tertiary/aromatic N) is 6. The van der Waals surface area contributed by atoms with Crippen molar-refractivity contribution >= 4 is 87.8 Å². The largest absolute Gasteiger partial charge is 0.456 e. The summed E-state index contributed by atoms with van der Waals surface area (Å²) in [6.07, 6.45) is 0. The van der Waals surface area contributed by atoms with Gasteiger partial charge in [-0.15, -0.1) is 0 Å². The molecule has 0 aliphatic heterocycles. The molecule has 0 aliphatic rings. The summed E-state index contributed by atoms with van der Waals surface area (Å²) in [4.78, 5) is 30.4. The van der Waals surface area contributed by atoms with Crippen molar-refractivity contribution in [3.05, 3.63) is 510 Å². The fourth-order valence-corrected chi connectivity index (χ4v) is 19.2. The van der Waals surface area contributed by atoms with Gasteiger partial charge in [0.05, 0.1) is 34.2 Å². The summed E-state index contributed by atoms with van der Waals surface area (Å²) in [5.74, 6) is 2.09. The summed E-state index contributed by atoms with van der Waals surface area (Å²) in [6, 6.07) is 176. The normalized spacial score (nSPS) is 11.4. The molecule has 0 amide bonds. The highest BCUT2D eigenvalue weighted by Gasteiger charge is 2.22. The summed E-state index contributed by atoms with van der Waals surface area (Å²) in [7, 11) is 0. The molecular formula is C132H84N6O4. The van der Waals surface area contributed by atoms with Crippen LogP contribution in [0, 0.1) is 0 Å². The Kier molecular flexibility index (Phi) is 22.1.